The average molecular weight is 195 g/mol. The molecule has 1 rings (SSSR count). The molecule has 2 N–H and O–H groups in total. The van der Waals surface area contributed by atoms with Gasteiger partial charge in [0.15, 0.2) is 0 Å². The molecule has 0 saturated heterocycles. The summed E-state index contributed by atoms with van der Waals surface area (Å²) in [6, 6.07) is 7.23. The van der Waals surface area contributed by atoms with Gasteiger partial charge in [0.2, 0.25) is 0 Å². The lowest BCUT2D eigenvalue weighted by molar-refractivity contribution is 0.697. The predicted octanol–water partition coefficient (Wildman–Crippen LogP) is 2.62. The van der Waals surface area contributed by atoms with Crippen molar-refractivity contribution in [2.75, 3.05) is 0 Å². The Kier molecular flexibility index (Phi) is 3.30. The molecule has 0 aliphatic heterocycles. The summed E-state index contributed by atoms with van der Waals surface area (Å²) >= 11 is 5.75. The van der Waals surface area contributed by atoms with Gasteiger partial charge in [0.1, 0.15) is 0 Å². The molecule has 0 aliphatic carbocycles. The third-order valence-corrected chi connectivity index (χ3v) is 2.21. The molecule has 1 atom stereocenters. The van der Waals surface area contributed by atoms with Crippen molar-refractivity contribution < 1.29 is 0 Å². The molecule has 0 saturated carbocycles. The van der Waals surface area contributed by atoms with Crippen LogP contribution in [0.5, 0.6) is 0 Å². The van der Waals surface area contributed by atoms with E-state index < -0.39 is 0 Å². The molecule has 0 amide bonds. The summed E-state index contributed by atoms with van der Waals surface area (Å²) in [6.07, 6.45) is 0.816. The molecule has 0 heterocycles. The highest BCUT2D eigenvalue weighted by atomic mass is 35.5. The lowest BCUT2D eigenvalue weighted by atomic mass is 10.0. The summed E-state index contributed by atoms with van der Waals surface area (Å²) < 4.78 is 0. The Labute approximate surface area is 82.9 Å². The molecular formula is C10H11ClN2. The molecule has 13 heavy (non-hydrogen) atoms. The summed E-state index contributed by atoms with van der Waals surface area (Å²) in [6.45, 7) is 1.99. The molecule has 1 aromatic carbocycles. The summed E-state index contributed by atoms with van der Waals surface area (Å²) in [7, 11) is 0. The van der Waals surface area contributed by atoms with E-state index >= 15 is 0 Å². The third-order valence-electron chi connectivity index (χ3n) is 1.98. The van der Waals surface area contributed by atoms with Gasteiger partial charge in [-0.3, -0.25) is 0 Å². The minimum Gasteiger partial charge on any atom is -0.324 e. The Morgan fingerprint density at radius 2 is 2.31 bits per heavy atom. The van der Waals surface area contributed by atoms with Crippen LogP contribution in [-0.2, 0) is 0 Å². The van der Waals surface area contributed by atoms with Crippen LogP contribution in [0.3, 0.4) is 0 Å². The van der Waals surface area contributed by atoms with Crippen molar-refractivity contribution >= 4 is 11.6 Å². The predicted molar refractivity (Wildman–Crippen MR) is 53.4 cm³/mol. The lowest BCUT2D eigenvalue weighted by Crippen LogP contribution is -2.10. The van der Waals surface area contributed by atoms with E-state index in [0.717, 1.165) is 12.0 Å². The van der Waals surface area contributed by atoms with E-state index in [1.54, 1.807) is 12.1 Å². The van der Waals surface area contributed by atoms with E-state index in [2.05, 4.69) is 6.07 Å². The highest BCUT2D eigenvalue weighted by Crippen LogP contribution is 2.21. The van der Waals surface area contributed by atoms with Crippen LogP contribution in [0.2, 0.25) is 5.02 Å². The molecule has 0 aromatic heterocycles. The van der Waals surface area contributed by atoms with Gasteiger partial charge in [0.05, 0.1) is 11.6 Å². The number of hydrogen-bond donors (Lipinski definition) is 1. The van der Waals surface area contributed by atoms with E-state index in [9.17, 15) is 0 Å². The van der Waals surface area contributed by atoms with E-state index in [1.165, 1.54) is 0 Å². The fourth-order valence-electron chi connectivity index (χ4n) is 1.17. The van der Waals surface area contributed by atoms with Crippen molar-refractivity contribution in [3.8, 4) is 6.07 Å². The molecule has 2 nitrogen and oxygen atoms in total. The maximum atomic E-state index is 8.82. The zero-order chi connectivity index (χ0) is 9.84. The summed E-state index contributed by atoms with van der Waals surface area (Å²) in [5, 5.41) is 9.40. The largest absolute Gasteiger partial charge is 0.324 e. The standard InChI is InChI=1S/C10H11ClN2/c1-2-10(13)9-4-3-8(11)5-7(9)6-12/h3-5,10H,2,13H2,1H3/t10-/m1/s1. The van der Waals surface area contributed by atoms with Gasteiger partial charge in [-0.15, -0.1) is 0 Å². The van der Waals surface area contributed by atoms with E-state index in [1.807, 2.05) is 13.0 Å². The first-order chi connectivity index (χ1) is 6.19. The van der Waals surface area contributed by atoms with Gasteiger partial charge in [-0.25, -0.2) is 0 Å². The van der Waals surface area contributed by atoms with Crippen molar-refractivity contribution in [3.63, 3.8) is 0 Å². The minimum atomic E-state index is -0.0769. The number of halogens is 1. The molecule has 0 spiro atoms. The van der Waals surface area contributed by atoms with Gasteiger partial charge >= 0.3 is 0 Å². The van der Waals surface area contributed by atoms with Crippen molar-refractivity contribution in [1.29, 1.82) is 5.26 Å². The summed E-state index contributed by atoms with van der Waals surface area (Å²) in [4.78, 5) is 0. The molecule has 0 fully saturated rings. The third kappa shape index (κ3) is 2.21. The van der Waals surface area contributed by atoms with Crippen molar-refractivity contribution in [1.82, 2.24) is 0 Å². The second-order valence-electron chi connectivity index (χ2n) is 2.86. The number of benzene rings is 1. The molecule has 1 aromatic rings. The van der Waals surface area contributed by atoms with Gasteiger partial charge < -0.3 is 5.73 Å². The fourth-order valence-corrected chi connectivity index (χ4v) is 1.34. The van der Waals surface area contributed by atoms with Crippen molar-refractivity contribution in [2.24, 2.45) is 5.73 Å². The van der Waals surface area contributed by atoms with Crippen LogP contribution in [0.15, 0.2) is 18.2 Å². The molecular weight excluding hydrogens is 184 g/mol. The number of hydrogen-bond acceptors (Lipinski definition) is 2. The van der Waals surface area contributed by atoms with Gasteiger partial charge in [-0.05, 0) is 24.1 Å². The topological polar surface area (TPSA) is 49.8 Å². The monoisotopic (exact) mass is 194 g/mol. The Hall–Kier alpha value is -1.04. The van der Waals surface area contributed by atoms with Crippen LogP contribution in [0, 0.1) is 11.3 Å². The maximum Gasteiger partial charge on any atom is 0.0995 e. The molecule has 0 radical (unpaired) electrons. The molecule has 0 aliphatic rings. The molecule has 3 heteroatoms. The molecule has 68 valence electrons. The van der Waals surface area contributed by atoms with Crippen molar-refractivity contribution in [2.45, 2.75) is 19.4 Å². The van der Waals surface area contributed by atoms with Crippen LogP contribution in [0.4, 0.5) is 0 Å². The maximum absolute atomic E-state index is 8.82. The van der Waals surface area contributed by atoms with Gasteiger partial charge in [-0.1, -0.05) is 24.6 Å². The van der Waals surface area contributed by atoms with Gasteiger partial charge in [0.25, 0.3) is 0 Å². The quantitative estimate of drug-likeness (QED) is 0.787. The first-order valence-corrected chi connectivity index (χ1v) is 4.52. The average Bonchev–Trinajstić information content (AvgIpc) is 2.16. The highest BCUT2D eigenvalue weighted by Gasteiger charge is 2.08. The SMILES string of the molecule is CC[C@@H](N)c1ccc(Cl)cc1C#N. The second-order valence-corrected chi connectivity index (χ2v) is 3.29. The van der Waals surface area contributed by atoms with E-state index in [-0.39, 0.29) is 6.04 Å². The van der Waals surface area contributed by atoms with Crippen LogP contribution < -0.4 is 5.73 Å². The van der Waals surface area contributed by atoms with Gasteiger partial charge in [-0.2, -0.15) is 5.26 Å². The Bertz CT molecular complexity index is 341. The van der Waals surface area contributed by atoms with Crippen molar-refractivity contribution in [3.05, 3.63) is 34.3 Å². The summed E-state index contributed by atoms with van der Waals surface area (Å²) in [5.41, 5.74) is 7.27. The number of rotatable bonds is 2. The van der Waals surface area contributed by atoms with E-state index in [4.69, 9.17) is 22.6 Å². The van der Waals surface area contributed by atoms with Crippen LogP contribution in [0.1, 0.15) is 30.5 Å². The Balaban J connectivity index is 3.15. The Morgan fingerprint density at radius 1 is 1.62 bits per heavy atom. The van der Waals surface area contributed by atoms with Crippen LogP contribution in [0.25, 0.3) is 0 Å². The van der Waals surface area contributed by atoms with Crippen LogP contribution >= 0.6 is 11.6 Å². The number of nitrogens with zero attached hydrogens (tertiary/aromatic N) is 1. The normalized spacial score (nSPS) is 12.2. The number of nitrogens with two attached hydrogens (primary N) is 1. The second kappa shape index (κ2) is 4.27. The van der Waals surface area contributed by atoms with E-state index in [0.29, 0.717) is 10.6 Å². The van der Waals surface area contributed by atoms with Crippen LogP contribution in [-0.4, -0.2) is 0 Å². The zero-order valence-corrected chi connectivity index (χ0v) is 8.17. The fraction of sp³-hybridized carbons (Fsp3) is 0.300. The molecule has 0 bridgehead atoms. The summed E-state index contributed by atoms with van der Waals surface area (Å²) in [5.74, 6) is 0. The lowest BCUT2D eigenvalue weighted by Gasteiger charge is -2.10. The smallest absolute Gasteiger partial charge is 0.0995 e. The zero-order valence-electron chi connectivity index (χ0n) is 7.42. The minimum absolute atomic E-state index is 0.0769. The Morgan fingerprint density at radius 3 is 2.85 bits per heavy atom. The first-order valence-electron chi connectivity index (χ1n) is 4.14. The first kappa shape index (κ1) is 10.0. The van der Waals surface area contributed by atoms with Gasteiger partial charge in [0, 0.05) is 11.1 Å². The number of nitriles is 1. The highest BCUT2D eigenvalue weighted by molar-refractivity contribution is 6.30. The molecule has 0 unspecified atom stereocenters.